The van der Waals surface area contributed by atoms with Crippen molar-refractivity contribution >= 4 is 5.95 Å². The van der Waals surface area contributed by atoms with Crippen LogP contribution in [0.1, 0.15) is 38.4 Å². The molecule has 11 heavy (non-hydrogen) atoms. The number of hydrogen-bond acceptors (Lipinski definition) is 3. The molecule has 0 fully saturated rings. The Hall–Kier alpha value is -1.06. The monoisotopic (exact) mass is 154 g/mol. The Balaban J connectivity index is 2.60. The van der Waals surface area contributed by atoms with Crippen LogP contribution in [0.25, 0.3) is 0 Å². The molecular weight excluding hydrogens is 140 g/mol. The number of nitrogen functional groups attached to an aromatic ring is 1. The second kappa shape index (κ2) is 3.37. The third-order valence-electron chi connectivity index (χ3n) is 1.71. The van der Waals surface area contributed by atoms with Gasteiger partial charge < -0.3 is 5.73 Å². The molecule has 4 nitrogen and oxygen atoms in total. The molecule has 0 bridgehead atoms. The number of nitrogens with two attached hydrogens (primary N) is 1. The third kappa shape index (κ3) is 1.93. The minimum atomic E-state index is 0.336. The van der Waals surface area contributed by atoms with Crippen molar-refractivity contribution in [3.05, 3.63) is 5.82 Å². The summed E-state index contributed by atoms with van der Waals surface area (Å²) in [5, 5.41) is 6.57. The van der Waals surface area contributed by atoms with Crippen LogP contribution in [-0.4, -0.2) is 15.2 Å². The Morgan fingerprint density at radius 3 is 2.82 bits per heavy atom. The summed E-state index contributed by atoms with van der Waals surface area (Å²) in [5.74, 6) is 1.66. The Kier molecular flexibility index (Phi) is 2.46. The van der Waals surface area contributed by atoms with Crippen molar-refractivity contribution in [1.82, 2.24) is 15.2 Å². The molecule has 0 aliphatic rings. The molecule has 0 aromatic carbocycles. The number of anilines is 1. The maximum absolute atomic E-state index is 5.36. The number of nitrogens with one attached hydrogen (secondary N) is 1. The van der Waals surface area contributed by atoms with Crippen molar-refractivity contribution in [2.45, 2.75) is 32.6 Å². The lowest BCUT2D eigenvalue weighted by molar-refractivity contribution is 0.629. The lowest BCUT2D eigenvalue weighted by Gasteiger charge is -2.03. The zero-order valence-electron chi connectivity index (χ0n) is 6.96. The molecular formula is C7H14N4. The Morgan fingerprint density at radius 2 is 2.36 bits per heavy atom. The number of rotatable bonds is 3. The van der Waals surface area contributed by atoms with Crippen molar-refractivity contribution in [3.63, 3.8) is 0 Å². The van der Waals surface area contributed by atoms with Crippen LogP contribution >= 0.6 is 0 Å². The summed E-state index contributed by atoms with van der Waals surface area (Å²) in [6, 6.07) is 0. The first-order valence-electron chi connectivity index (χ1n) is 3.91. The van der Waals surface area contributed by atoms with Crippen molar-refractivity contribution in [1.29, 1.82) is 0 Å². The first-order chi connectivity index (χ1) is 5.24. The largest absolute Gasteiger partial charge is 0.367 e. The van der Waals surface area contributed by atoms with E-state index in [1.165, 1.54) is 0 Å². The molecule has 0 aliphatic carbocycles. The number of H-pyrrole nitrogens is 1. The normalized spacial score (nSPS) is 13.3. The van der Waals surface area contributed by atoms with Gasteiger partial charge in [-0.1, -0.05) is 20.3 Å². The average Bonchev–Trinajstić information content (AvgIpc) is 2.36. The molecule has 1 atom stereocenters. The Morgan fingerprint density at radius 1 is 1.64 bits per heavy atom. The quantitative estimate of drug-likeness (QED) is 0.689. The van der Waals surface area contributed by atoms with Crippen molar-refractivity contribution in [2.75, 3.05) is 5.73 Å². The highest BCUT2D eigenvalue weighted by molar-refractivity contribution is 5.14. The first-order valence-corrected chi connectivity index (χ1v) is 3.91. The SMILES string of the molecule is CCCC(C)c1nc(N)n[nH]1. The minimum Gasteiger partial charge on any atom is -0.367 e. The standard InChI is InChI=1S/C7H14N4/c1-3-4-5(2)6-9-7(8)11-10-6/h5H,3-4H2,1-2H3,(H3,8,9,10,11). The number of hydrogen-bond donors (Lipinski definition) is 2. The predicted molar refractivity (Wildman–Crippen MR) is 44.1 cm³/mol. The molecule has 0 radical (unpaired) electrons. The molecule has 4 heteroatoms. The van der Waals surface area contributed by atoms with E-state index in [4.69, 9.17) is 5.73 Å². The molecule has 1 aromatic heterocycles. The van der Waals surface area contributed by atoms with Crippen LogP contribution in [0.4, 0.5) is 5.95 Å². The van der Waals surface area contributed by atoms with Gasteiger partial charge in [0, 0.05) is 5.92 Å². The van der Waals surface area contributed by atoms with Crippen molar-refractivity contribution < 1.29 is 0 Å². The van der Waals surface area contributed by atoms with Gasteiger partial charge in [0.25, 0.3) is 0 Å². The van der Waals surface area contributed by atoms with Gasteiger partial charge in [0.05, 0.1) is 0 Å². The summed E-state index contributed by atoms with van der Waals surface area (Å²) in [5.41, 5.74) is 5.36. The molecule has 1 aromatic rings. The van der Waals surface area contributed by atoms with E-state index in [-0.39, 0.29) is 0 Å². The fourth-order valence-corrected chi connectivity index (χ4v) is 1.08. The number of aromatic nitrogens is 3. The molecule has 0 saturated heterocycles. The van der Waals surface area contributed by atoms with Gasteiger partial charge in [0.15, 0.2) is 0 Å². The van der Waals surface area contributed by atoms with Crippen LogP contribution in [0, 0.1) is 0 Å². The lowest BCUT2D eigenvalue weighted by atomic mass is 10.1. The third-order valence-corrected chi connectivity index (χ3v) is 1.71. The zero-order chi connectivity index (χ0) is 8.27. The lowest BCUT2D eigenvalue weighted by Crippen LogP contribution is -1.95. The van der Waals surface area contributed by atoms with Gasteiger partial charge in [-0.15, -0.1) is 5.10 Å². The van der Waals surface area contributed by atoms with Crippen molar-refractivity contribution in [3.8, 4) is 0 Å². The average molecular weight is 154 g/mol. The Labute approximate surface area is 66.2 Å². The molecule has 0 amide bonds. The van der Waals surface area contributed by atoms with Crippen LogP contribution in [0.3, 0.4) is 0 Å². The van der Waals surface area contributed by atoms with Gasteiger partial charge in [-0.05, 0) is 6.42 Å². The highest BCUT2D eigenvalue weighted by atomic mass is 15.3. The summed E-state index contributed by atoms with van der Waals surface area (Å²) in [4.78, 5) is 4.04. The van der Waals surface area contributed by atoms with Gasteiger partial charge >= 0.3 is 0 Å². The zero-order valence-corrected chi connectivity index (χ0v) is 6.96. The molecule has 0 saturated carbocycles. The van der Waals surface area contributed by atoms with Crippen LogP contribution in [0.15, 0.2) is 0 Å². The molecule has 0 spiro atoms. The summed E-state index contributed by atoms with van der Waals surface area (Å²) in [6.07, 6.45) is 2.27. The van der Waals surface area contributed by atoms with Crippen LogP contribution in [0.2, 0.25) is 0 Å². The summed E-state index contributed by atoms with van der Waals surface area (Å²) >= 11 is 0. The van der Waals surface area contributed by atoms with E-state index < -0.39 is 0 Å². The molecule has 0 aliphatic heterocycles. The number of nitrogens with zero attached hydrogens (tertiary/aromatic N) is 2. The second-order valence-corrected chi connectivity index (χ2v) is 2.77. The summed E-state index contributed by atoms with van der Waals surface area (Å²) in [7, 11) is 0. The van der Waals surface area contributed by atoms with E-state index in [2.05, 4.69) is 29.0 Å². The van der Waals surface area contributed by atoms with E-state index >= 15 is 0 Å². The topological polar surface area (TPSA) is 67.6 Å². The highest BCUT2D eigenvalue weighted by Crippen LogP contribution is 2.16. The van der Waals surface area contributed by atoms with Gasteiger partial charge in [-0.2, -0.15) is 4.98 Å². The smallest absolute Gasteiger partial charge is 0.239 e. The van der Waals surface area contributed by atoms with E-state index in [1.54, 1.807) is 0 Å². The second-order valence-electron chi connectivity index (χ2n) is 2.77. The van der Waals surface area contributed by atoms with Gasteiger partial charge in [-0.25, -0.2) is 0 Å². The predicted octanol–water partition coefficient (Wildman–Crippen LogP) is 1.29. The fraction of sp³-hybridized carbons (Fsp3) is 0.714. The van der Waals surface area contributed by atoms with Crippen molar-refractivity contribution in [2.24, 2.45) is 0 Å². The molecule has 1 heterocycles. The molecule has 1 unspecified atom stereocenters. The molecule has 62 valence electrons. The van der Waals surface area contributed by atoms with E-state index in [0.29, 0.717) is 11.9 Å². The fourth-order valence-electron chi connectivity index (χ4n) is 1.08. The van der Waals surface area contributed by atoms with Gasteiger partial charge in [0.1, 0.15) is 5.82 Å². The molecule has 1 rings (SSSR count). The molecule has 3 N–H and O–H groups in total. The van der Waals surface area contributed by atoms with Crippen LogP contribution in [0.5, 0.6) is 0 Å². The summed E-state index contributed by atoms with van der Waals surface area (Å²) < 4.78 is 0. The Bertz CT molecular complexity index is 218. The van der Waals surface area contributed by atoms with E-state index in [9.17, 15) is 0 Å². The maximum Gasteiger partial charge on any atom is 0.239 e. The maximum atomic E-state index is 5.36. The van der Waals surface area contributed by atoms with Gasteiger partial charge in [-0.3, -0.25) is 5.10 Å². The van der Waals surface area contributed by atoms with Crippen LogP contribution in [-0.2, 0) is 0 Å². The number of aromatic amines is 1. The van der Waals surface area contributed by atoms with Crippen LogP contribution < -0.4 is 5.73 Å². The minimum absolute atomic E-state index is 0.336. The first kappa shape index (κ1) is 8.04. The van der Waals surface area contributed by atoms with E-state index in [0.717, 1.165) is 18.7 Å². The highest BCUT2D eigenvalue weighted by Gasteiger charge is 2.07. The van der Waals surface area contributed by atoms with Gasteiger partial charge in [0.2, 0.25) is 5.95 Å². The summed E-state index contributed by atoms with van der Waals surface area (Å²) in [6.45, 7) is 4.26. The van der Waals surface area contributed by atoms with E-state index in [1.807, 2.05) is 0 Å².